The van der Waals surface area contributed by atoms with Gasteiger partial charge < -0.3 is 14.8 Å². The molecule has 0 saturated heterocycles. The van der Waals surface area contributed by atoms with Crippen LogP contribution in [0.15, 0.2) is 30.6 Å². The Balaban J connectivity index is 1.54. The van der Waals surface area contributed by atoms with E-state index in [-0.39, 0.29) is 0 Å². The summed E-state index contributed by atoms with van der Waals surface area (Å²) in [4.78, 5) is 8.64. The second-order valence-electron chi connectivity index (χ2n) is 7.80. The van der Waals surface area contributed by atoms with Crippen molar-refractivity contribution in [2.24, 2.45) is 11.8 Å². The maximum Gasteiger partial charge on any atom is 0.160 e. The van der Waals surface area contributed by atoms with Gasteiger partial charge >= 0.3 is 0 Å². The summed E-state index contributed by atoms with van der Waals surface area (Å²) in [6.45, 7) is 2.74. The van der Waals surface area contributed by atoms with E-state index in [1.54, 1.807) is 14.2 Å². The third-order valence-electron chi connectivity index (χ3n) is 6.35. The summed E-state index contributed by atoms with van der Waals surface area (Å²) in [5.74, 6) is 4.49. The first-order valence-electron chi connectivity index (χ1n) is 9.94. The molecule has 5 heteroatoms. The fourth-order valence-corrected chi connectivity index (χ4v) is 5.01. The Morgan fingerprint density at radius 1 is 1.00 bits per heavy atom. The van der Waals surface area contributed by atoms with E-state index in [1.807, 2.05) is 25.4 Å². The van der Waals surface area contributed by atoms with Gasteiger partial charge in [-0.2, -0.15) is 0 Å². The SMILES string of the molecule is COc1ccc([C@H]2[C@@H]3CCCC[C@H]3[C@@H]2NCc2cnc(C)nc2)cc1OC. The van der Waals surface area contributed by atoms with Crippen LogP contribution in [0.3, 0.4) is 0 Å². The van der Waals surface area contributed by atoms with Crippen LogP contribution in [0.1, 0.15) is 48.6 Å². The number of aromatic nitrogens is 2. The van der Waals surface area contributed by atoms with E-state index in [4.69, 9.17) is 9.47 Å². The highest BCUT2D eigenvalue weighted by Gasteiger charge is 2.51. The molecule has 1 N–H and O–H groups in total. The van der Waals surface area contributed by atoms with Gasteiger partial charge in [0, 0.05) is 36.5 Å². The topological polar surface area (TPSA) is 56.3 Å². The van der Waals surface area contributed by atoms with Gasteiger partial charge in [0.2, 0.25) is 0 Å². The Bertz CT molecular complexity index is 778. The highest BCUT2D eigenvalue weighted by molar-refractivity contribution is 5.45. The van der Waals surface area contributed by atoms with Crippen molar-refractivity contribution in [1.82, 2.24) is 15.3 Å². The number of ether oxygens (including phenoxy) is 2. The molecule has 0 radical (unpaired) electrons. The molecule has 2 aliphatic rings. The molecule has 144 valence electrons. The van der Waals surface area contributed by atoms with Crippen LogP contribution in [-0.4, -0.2) is 30.2 Å². The lowest BCUT2D eigenvalue weighted by molar-refractivity contribution is 0.0252. The van der Waals surface area contributed by atoms with Gasteiger partial charge in [-0.3, -0.25) is 0 Å². The molecule has 1 heterocycles. The standard InChI is InChI=1S/C22H29N3O2/c1-14-23-11-15(12-24-14)13-25-22-18-7-5-4-6-17(18)21(22)16-8-9-19(26-2)20(10-16)27-3/h8-12,17-18,21-22,25H,4-7,13H2,1-3H3/t17-,18-,21+,22+/m1/s1. The van der Waals surface area contributed by atoms with Gasteiger partial charge in [0.05, 0.1) is 14.2 Å². The first-order chi connectivity index (χ1) is 13.2. The molecule has 27 heavy (non-hydrogen) atoms. The van der Waals surface area contributed by atoms with Crippen molar-refractivity contribution in [3.63, 3.8) is 0 Å². The zero-order valence-electron chi connectivity index (χ0n) is 16.4. The van der Waals surface area contributed by atoms with Crippen LogP contribution in [0.5, 0.6) is 11.5 Å². The minimum absolute atomic E-state index is 0.495. The lowest BCUT2D eigenvalue weighted by atomic mass is 9.53. The summed E-state index contributed by atoms with van der Waals surface area (Å²) in [6, 6.07) is 6.91. The van der Waals surface area contributed by atoms with Crippen molar-refractivity contribution in [3.8, 4) is 11.5 Å². The largest absolute Gasteiger partial charge is 0.493 e. The van der Waals surface area contributed by atoms with Crippen LogP contribution in [0.25, 0.3) is 0 Å². The van der Waals surface area contributed by atoms with Gasteiger partial charge in [-0.1, -0.05) is 18.9 Å². The molecule has 2 saturated carbocycles. The van der Waals surface area contributed by atoms with Crippen molar-refractivity contribution in [1.29, 1.82) is 0 Å². The molecule has 0 unspecified atom stereocenters. The van der Waals surface area contributed by atoms with Crippen LogP contribution < -0.4 is 14.8 Å². The maximum absolute atomic E-state index is 5.55. The fourth-order valence-electron chi connectivity index (χ4n) is 5.01. The van der Waals surface area contributed by atoms with E-state index in [0.717, 1.165) is 41.3 Å². The molecule has 0 spiro atoms. The molecule has 2 aromatic rings. The number of aryl methyl sites for hydroxylation is 1. The zero-order valence-corrected chi connectivity index (χ0v) is 16.4. The molecular weight excluding hydrogens is 338 g/mol. The smallest absolute Gasteiger partial charge is 0.160 e. The predicted molar refractivity (Wildman–Crippen MR) is 105 cm³/mol. The number of hydrogen-bond acceptors (Lipinski definition) is 5. The average molecular weight is 367 g/mol. The number of nitrogens with one attached hydrogen (secondary N) is 1. The van der Waals surface area contributed by atoms with Gasteiger partial charge in [-0.25, -0.2) is 9.97 Å². The molecule has 4 rings (SSSR count). The molecule has 1 aromatic heterocycles. The van der Waals surface area contributed by atoms with E-state index in [9.17, 15) is 0 Å². The van der Waals surface area contributed by atoms with Crippen molar-refractivity contribution >= 4 is 0 Å². The Kier molecular flexibility index (Phi) is 5.30. The van der Waals surface area contributed by atoms with Crippen LogP contribution in [-0.2, 0) is 6.54 Å². The van der Waals surface area contributed by atoms with Gasteiger partial charge in [0.1, 0.15) is 5.82 Å². The number of rotatable bonds is 6. The fraction of sp³-hybridized carbons (Fsp3) is 0.545. The van der Waals surface area contributed by atoms with Crippen LogP contribution in [0.2, 0.25) is 0 Å². The normalized spacial score (nSPS) is 26.8. The summed E-state index contributed by atoms with van der Waals surface area (Å²) in [6.07, 6.45) is 9.22. The number of hydrogen-bond donors (Lipinski definition) is 1. The number of benzene rings is 1. The first kappa shape index (κ1) is 18.2. The lowest BCUT2D eigenvalue weighted by Crippen LogP contribution is -2.57. The van der Waals surface area contributed by atoms with Crippen molar-refractivity contribution in [2.45, 2.75) is 51.1 Å². The third-order valence-corrected chi connectivity index (χ3v) is 6.35. The summed E-state index contributed by atoms with van der Waals surface area (Å²) in [5, 5.41) is 3.82. The Morgan fingerprint density at radius 3 is 2.41 bits per heavy atom. The number of nitrogens with zero attached hydrogens (tertiary/aromatic N) is 2. The van der Waals surface area contributed by atoms with Gasteiger partial charge in [-0.05, 0) is 49.3 Å². The highest BCUT2D eigenvalue weighted by atomic mass is 16.5. The molecule has 2 fully saturated rings. The number of methoxy groups -OCH3 is 2. The molecule has 4 atom stereocenters. The zero-order chi connectivity index (χ0) is 18.8. The Hall–Kier alpha value is -2.14. The Labute approximate surface area is 161 Å². The summed E-state index contributed by atoms with van der Waals surface area (Å²) < 4.78 is 11.0. The van der Waals surface area contributed by atoms with Crippen LogP contribution in [0, 0.1) is 18.8 Å². The summed E-state index contributed by atoms with van der Waals surface area (Å²) in [7, 11) is 3.39. The van der Waals surface area contributed by atoms with Crippen molar-refractivity contribution in [3.05, 3.63) is 47.5 Å². The minimum atomic E-state index is 0.495. The van der Waals surface area contributed by atoms with Gasteiger partial charge in [-0.15, -0.1) is 0 Å². The minimum Gasteiger partial charge on any atom is -0.493 e. The van der Waals surface area contributed by atoms with Crippen LogP contribution >= 0.6 is 0 Å². The quantitative estimate of drug-likeness (QED) is 0.840. The number of fused-ring (bicyclic) bond motifs is 1. The summed E-state index contributed by atoms with van der Waals surface area (Å²) in [5.41, 5.74) is 2.50. The average Bonchev–Trinajstić information content (AvgIpc) is 2.70. The lowest BCUT2D eigenvalue weighted by Gasteiger charge is -2.55. The highest BCUT2D eigenvalue weighted by Crippen LogP contribution is 2.55. The van der Waals surface area contributed by atoms with Crippen molar-refractivity contribution < 1.29 is 9.47 Å². The molecule has 0 amide bonds. The first-order valence-corrected chi connectivity index (χ1v) is 9.94. The van der Waals surface area contributed by atoms with E-state index < -0.39 is 0 Å². The second kappa shape index (κ2) is 7.85. The Morgan fingerprint density at radius 2 is 1.70 bits per heavy atom. The van der Waals surface area contributed by atoms with E-state index in [0.29, 0.717) is 12.0 Å². The molecule has 2 aliphatic carbocycles. The van der Waals surface area contributed by atoms with Crippen molar-refractivity contribution in [2.75, 3.05) is 14.2 Å². The molecule has 0 bridgehead atoms. The second-order valence-corrected chi connectivity index (χ2v) is 7.80. The molecule has 1 aromatic carbocycles. The third kappa shape index (κ3) is 3.53. The van der Waals surface area contributed by atoms with E-state index in [2.05, 4.69) is 27.4 Å². The molecule has 0 aliphatic heterocycles. The predicted octanol–water partition coefficient (Wildman–Crippen LogP) is 3.86. The van der Waals surface area contributed by atoms with Crippen LogP contribution in [0.4, 0.5) is 0 Å². The molecular formula is C22H29N3O2. The van der Waals surface area contributed by atoms with E-state index in [1.165, 1.54) is 31.2 Å². The monoisotopic (exact) mass is 367 g/mol. The van der Waals surface area contributed by atoms with Gasteiger partial charge in [0.15, 0.2) is 11.5 Å². The van der Waals surface area contributed by atoms with E-state index >= 15 is 0 Å². The summed E-state index contributed by atoms with van der Waals surface area (Å²) >= 11 is 0. The van der Waals surface area contributed by atoms with Gasteiger partial charge in [0.25, 0.3) is 0 Å². The maximum atomic E-state index is 5.55. The molecule has 5 nitrogen and oxygen atoms in total.